The van der Waals surface area contributed by atoms with E-state index in [-0.39, 0.29) is 5.41 Å². The van der Waals surface area contributed by atoms with Gasteiger partial charge in [-0.1, -0.05) is 32.3 Å². The molecular formula is C15H34N4O. The fraction of sp³-hybridized carbons (Fsp3) is 0.933. The Kier molecular flexibility index (Phi) is 9.59. The molecule has 5 heteroatoms. The van der Waals surface area contributed by atoms with Gasteiger partial charge in [0.1, 0.15) is 5.84 Å². The Morgan fingerprint density at radius 1 is 1.10 bits per heavy atom. The smallest absolute Gasteiger partial charge is 0.144 e. The van der Waals surface area contributed by atoms with Gasteiger partial charge in [-0.2, -0.15) is 0 Å². The van der Waals surface area contributed by atoms with E-state index in [4.69, 9.17) is 10.9 Å². The van der Waals surface area contributed by atoms with Crippen molar-refractivity contribution in [2.24, 2.45) is 16.3 Å². The predicted octanol–water partition coefficient (Wildman–Crippen LogP) is 2.20. The topological polar surface area (TPSA) is 65.1 Å². The van der Waals surface area contributed by atoms with Gasteiger partial charge < -0.3 is 20.7 Å². The number of hydrogen-bond acceptors (Lipinski definition) is 4. The van der Waals surface area contributed by atoms with E-state index in [9.17, 15) is 0 Å². The Hall–Kier alpha value is -0.810. The third-order valence-electron chi connectivity index (χ3n) is 3.73. The average molecular weight is 286 g/mol. The van der Waals surface area contributed by atoms with Crippen LogP contribution in [0.1, 0.15) is 46.5 Å². The van der Waals surface area contributed by atoms with Crippen molar-refractivity contribution in [1.29, 1.82) is 0 Å². The zero-order valence-corrected chi connectivity index (χ0v) is 14.0. The van der Waals surface area contributed by atoms with Crippen LogP contribution in [-0.4, -0.2) is 61.1 Å². The average Bonchev–Trinajstić information content (AvgIpc) is 2.39. The van der Waals surface area contributed by atoms with Crippen LogP contribution in [0, 0.1) is 5.41 Å². The number of nitrogens with two attached hydrogens (primary N) is 1. The molecule has 3 N–H and O–H groups in total. The first-order valence-electron chi connectivity index (χ1n) is 7.68. The van der Waals surface area contributed by atoms with Gasteiger partial charge in [0.05, 0.1) is 0 Å². The molecule has 0 atom stereocenters. The molecule has 0 spiro atoms. The standard InChI is InChI=1S/C15H34N4O/c1-6-10-19(13-12-18(4)5)11-8-7-9-15(2,3)14(16)17-20/h20H,6-13H2,1-5H3,(H2,16,17). The summed E-state index contributed by atoms with van der Waals surface area (Å²) in [4.78, 5) is 4.75. The molecule has 0 aliphatic carbocycles. The van der Waals surface area contributed by atoms with E-state index >= 15 is 0 Å². The van der Waals surface area contributed by atoms with Crippen molar-refractivity contribution in [2.45, 2.75) is 46.5 Å². The van der Waals surface area contributed by atoms with Gasteiger partial charge >= 0.3 is 0 Å². The lowest BCUT2D eigenvalue weighted by Crippen LogP contribution is -2.34. The Morgan fingerprint density at radius 3 is 2.25 bits per heavy atom. The predicted molar refractivity (Wildman–Crippen MR) is 86.3 cm³/mol. The van der Waals surface area contributed by atoms with Gasteiger partial charge in [0.25, 0.3) is 0 Å². The van der Waals surface area contributed by atoms with E-state index in [0.29, 0.717) is 5.84 Å². The molecule has 0 aromatic carbocycles. The van der Waals surface area contributed by atoms with Crippen LogP contribution in [0.25, 0.3) is 0 Å². The third kappa shape index (κ3) is 8.38. The van der Waals surface area contributed by atoms with Crippen LogP contribution in [-0.2, 0) is 0 Å². The van der Waals surface area contributed by atoms with E-state index in [1.165, 1.54) is 6.42 Å². The number of amidine groups is 1. The maximum atomic E-state index is 8.76. The van der Waals surface area contributed by atoms with Crippen LogP contribution in [0.2, 0.25) is 0 Å². The van der Waals surface area contributed by atoms with E-state index in [0.717, 1.165) is 45.4 Å². The molecule has 0 aliphatic rings. The number of likely N-dealkylation sites (N-methyl/N-ethyl adjacent to an activating group) is 1. The van der Waals surface area contributed by atoms with Gasteiger partial charge in [0.2, 0.25) is 0 Å². The summed E-state index contributed by atoms with van der Waals surface area (Å²) in [6, 6.07) is 0. The van der Waals surface area contributed by atoms with E-state index < -0.39 is 0 Å². The monoisotopic (exact) mass is 286 g/mol. The molecule has 0 aliphatic heterocycles. The zero-order valence-electron chi connectivity index (χ0n) is 14.0. The fourth-order valence-corrected chi connectivity index (χ4v) is 2.16. The minimum atomic E-state index is -0.214. The molecule has 0 amide bonds. The normalized spacial score (nSPS) is 13.4. The summed E-state index contributed by atoms with van der Waals surface area (Å²) in [5.41, 5.74) is 5.49. The Morgan fingerprint density at radius 2 is 1.75 bits per heavy atom. The zero-order chi connectivity index (χ0) is 15.6. The molecule has 0 saturated heterocycles. The highest BCUT2D eigenvalue weighted by Crippen LogP contribution is 2.23. The van der Waals surface area contributed by atoms with E-state index in [1.807, 2.05) is 13.8 Å². The lowest BCUT2D eigenvalue weighted by atomic mass is 9.86. The van der Waals surface area contributed by atoms with Crippen LogP contribution in [0.5, 0.6) is 0 Å². The van der Waals surface area contributed by atoms with Crippen molar-refractivity contribution < 1.29 is 5.21 Å². The van der Waals surface area contributed by atoms with Gasteiger partial charge in [-0.05, 0) is 46.4 Å². The summed E-state index contributed by atoms with van der Waals surface area (Å²) in [6.07, 6.45) is 4.42. The number of unbranched alkanes of at least 4 members (excludes halogenated alkanes) is 1. The minimum absolute atomic E-state index is 0.214. The molecule has 0 heterocycles. The molecule has 0 aromatic heterocycles. The SMILES string of the molecule is CCCN(CCCCC(C)(C)C(N)=NO)CCN(C)C. The quantitative estimate of drug-likeness (QED) is 0.201. The summed E-state index contributed by atoms with van der Waals surface area (Å²) in [6.45, 7) is 10.8. The second-order valence-electron chi connectivity index (χ2n) is 6.47. The van der Waals surface area contributed by atoms with Crippen molar-refractivity contribution in [3.8, 4) is 0 Å². The lowest BCUT2D eigenvalue weighted by Gasteiger charge is -2.25. The van der Waals surface area contributed by atoms with Gasteiger partial charge in [-0.25, -0.2) is 0 Å². The fourth-order valence-electron chi connectivity index (χ4n) is 2.16. The molecule has 120 valence electrons. The van der Waals surface area contributed by atoms with Crippen LogP contribution in [0.4, 0.5) is 0 Å². The first-order chi connectivity index (χ1) is 9.33. The molecule has 0 aromatic rings. The first kappa shape index (κ1) is 19.2. The Bertz CT molecular complexity index is 277. The second-order valence-corrected chi connectivity index (χ2v) is 6.47. The number of oxime groups is 1. The maximum Gasteiger partial charge on any atom is 0.144 e. The molecule has 0 radical (unpaired) electrons. The molecule has 0 unspecified atom stereocenters. The number of hydrogen-bond donors (Lipinski definition) is 2. The lowest BCUT2D eigenvalue weighted by molar-refractivity contribution is 0.233. The van der Waals surface area contributed by atoms with Crippen LogP contribution >= 0.6 is 0 Å². The highest BCUT2D eigenvalue weighted by Gasteiger charge is 2.22. The largest absolute Gasteiger partial charge is 0.409 e. The maximum absolute atomic E-state index is 8.76. The molecule has 0 fully saturated rings. The van der Waals surface area contributed by atoms with Crippen molar-refractivity contribution in [3.63, 3.8) is 0 Å². The third-order valence-corrected chi connectivity index (χ3v) is 3.73. The Balaban J connectivity index is 3.99. The Labute approximate surface area is 124 Å². The van der Waals surface area contributed by atoms with Crippen LogP contribution < -0.4 is 5.73 Å². The molecule has 0 bridgehead atoms. The van der Waals surface area contributed by atoms with Crippen molar-refractivity contribution in [2.75, 3.05) is 40.3 Å². The molecule has 0 saturated carbocycles. The van der Waals surface area contributed by atoms with Gasteiger partial charge in [0.15, 0.2) is 0 Å². The van der Waals surface area contributed by atoms with Gasteiger partial charge in [-0.15, -0.1) is 0 Å². The molecule has 20 heavy (non-hydrogen) atoms. The van der Waals surface area contributed by atoms with Crippen LogP contribution in [0.3, 0.4) is 0 Å². The minimum Gasteiger partial charge on any atom is -0.409 e. The van der Waals surface area contributed by atoms with Crippen molar-refractivity contribution in [1.82, 2.24) is 9.80 Å². The second kappa shape index (κ2) is 10.00. The van der Waals surface area contributed by atoms with Crippen molar-refractivity contribution >= 4 is 5.84 Å². The van der Waals surface area contributed by atoms with Crippen molar-refractivity contribution in [3.05, 3.63) is 0 Å². The summed E-state index contributed by atoms with van der Waals surface area (Å²) in [5.74, 6) is 0.329. The molecular weight excluding hydrogens is 252 g/mol. The van der Waals surface area contributed by atoms with Crippen LogP contribution in [0.15, 0.2) is 5.16 Å². The first-order valence-corrected chi connectivity index (χ1v) is 7.68. The molecule has 0 rings (SSSR count). The number of rotatable bonds is 11. The van der Waals surface area contributed by atoms with Gasteiger partial charge in [0, 0.05) is 18.5 Å². The summed E-state index contributed by atoms with van der Waals surface area (Å²) in [7, 11) is 4.23. The number of nitrogens with zero attached hydrogens (tertiary/aromatic N) is 3. The highest BCUT2D eigenvalue weighted by atomic mass is 16.4. The summed E-state index contributed by atoms with van der Waals surface area (Å²) < 4.78 is 0. The summed E-state index contributed by atoms with van der Waals surface area (Å²) >= 11 is 0. The molecule has 5 nitrogen and oxygen atoms in total. The summed E-state index contributed by atoms with van der Waals surface area (Å²) in [5, 5.41) is 11.9. The van der Waals surface area contributed by atoms with E-state index in [1.54, 1.807) is 0 Å². The van der Waals surface area contributed by atoms with Gasteiger partial charge in [-0.3, -0.25) is 0 Å². The highest BCUT2D eigenvalue weighted by molar-refractivity contribution is 5.85. The van der Waals surface area contributed by atoms with E-state index in [2.05, 4.69) is 36.0 Å².